The summed E-state index contributed by atoms with van der Waals surface area (Å²) in [5.41, 5.74) is -1.03. The molecule has 0 spiro atoms. The average Bonchev–Trinajstić information content (AvgIpc) is 2.26. The van der Waals surface area contributed by atoms with Crippen LogP contribution in [-0.2, 0) is 0 Å². The van der Waals surface area contributed by atoms with Crippen LogP contribution in [0.25, 0.3) is 0 Å². The normalized spacial score (nSPS) is 12.1. The molecule has 0 amide bonds. The minimum atomic E-state index is -0.857. The molecule has 0 aromatic heterocycles. The van der Waals surface area contributed by atoms with E-state index in [1.165, 1.54) is 6.07 Å². The average molecular weight is 240 g/mol. The van der Waals surface area contributed by atoms with Crippen molar-refractivity contribution in [2.45, 2.75) is 26.2 Å². The van der Waals surface area contributed by atoms with Crippen LogP contribution in [0.15, 0.2) is 12.1 Å². The standard InChI is InChI=1S/C10H12N2O5/c1-3-6(2)8-4-7(13)5-9(11(14)15)10(8)12(16)17/h4-6,13H,3H2,1-2H3. The molecular weight excluding hydrogens is 228 g/mol. The van der Waals surface area contributed by atoms with E-state index in [1.54, 1.807) is 6.92 Å². The zero-order chi connectivity index (χ0) is 13.2. The van der Waals surface area contributed by atoms with Gasteiger partial charge in [-0.1, -0.05) is 13.8 Å². The van der Waals surface area contributed by atoms with Crippen molar-refractivity contribution in [1.29, 1.82) is 0 Å². The molecule has 1 N–H and O–H groups in total. The minimum absolute atomic E-state index is 0.184. The second-order valence-corrected chi connectivity index (χ2v) is 3.73. The summed E-state index contributed by atoms with van der Waals surface area (Å²) >= 11 is 0. The van der Waals surface area contributed by atoms with Crippen LogP contribution < -0.4 is 0 Å². The van der Waals surface area contributed by atoms with Crippen LogP contribution in [0.4, 0.5) is 11.4 Å². The molecule has 7 nitrogen and oxygen atoms in total. The van der Waals surface area contributed by atoms with Crippen LogP contribution in [0.1, 0.15) is 31.7 Å². The van der Waals surface area contributed by atoms with Crippen molar-refractivity contribution in [3.8, 4) is 5.75 Å². The Morgan fingerprint density at radius 2 is 1.88 bits per heavy atom. The van der Waals surface area contributed by atoms with Gasteiger partial charge in [0.2, 0.25) is 0 Å². The van der Waals surface area contributed by atoms with Gasteiger partial charge in [-0.3, -0.25) is 20.2 Å². The van der Waals surface area contributed by atoms with E-state index < -0.39 is 21.2 Å². The highest BCUT2D eigenvalue weighted by atomic mass is 16.6. The van der Waals surface area contributed by atoms with Crippen molar-refractivity contribution in [3.63, 3.8) is 0 Å². The van der Waals surface area contributed by atoms with Crippen molar-refractivity contribution < 1.29 is 15.0 Å². The Balaban J connectivity index is 3.57. The second-order valence-electron chi connectivity index (χ2n) is 3.73. The highest BCUT2D eigenvalue weighted by Crippen LogP contribution is 2.39. The molecule has 0 bridgehead atoms. The highest BCUT2D eigenvalue weighted by molar-refractivity contribution is 5.62. The number of hydrogen-bond donors (Lipinski definition) is 1. The van der Waals surface area contributed by atoms with Gasteiger partial charge in [-0.25, -0.2) is 0 Å². The number of phenols is 1. The molecule has 0 saturated heterocycles. The molecule has 1 atom stereocenters. The molecule has 1 unspecified atom stereocenters. The van der Waals surface area contributed by atoms with E-state index in [9.17, 15) is 25.3 Å². The van der Waals surface area contributed by atoms with Gasteiger partial charge in [-0.2, -0.15) is 0 Å². The van der Waals surface area contributed by atoms with E-state index in [-0.39, 0.29) is 17.2 Å². The first-order valence-corrected chi connectivity index (χ1v) is 5.04. The SMILES string of the molecule is CCC(C)c1cc(O)cc([N+](=O)[O-])c1[N+](=O)[O-]. The Bertz CT molecular complexity index is 472. The Kier molecular flexibility index (Phi) is 3.62. The number of nitro groups is 2. The van der Waals surface area contributed by atoms with Gasteiger partial charge in [0, 0.05) is 5.56 Å². The highest BCUT2D eigenvalue weighted by Gasteiger charge is 2.31. The van der Waals surface area contributed by atoms with Crippen molar-refractivity contribution in [2.75, 3.05) is 0 Å². The lowest BCUT2D eigenvalue weighted by atomic mass is 9.96. The number of nitro benzene ring substituents is 2. The molecule has 7 heteroatoms. The van der Waals surface area contributed by atoms with E-state index >= 15 is 0 Å². The van der Waals surface area contributed by atoms with Crippen LogP contribution in [0.5, 0.6) is 5.75 Å². The fourth-order valence-electron chi connectivity index (χ4n) is 1.56. The first-order valence-electron chi connectivity index (χ1n) is 5.04. The third-order valence-corrected chi connectivity index (χ3v) is 2.63. The molecule has 0 heterocycles. The fraction of sp³-hybridized carbons (Fsp3) is 0.400. The predicted molar refractivity (Wildman–Crippen MR) is 60.1 cm³/mol. The Morgan fingerprint density at radius 1 is 1.29 bits per heavy atom. The van der Waals surface area contributed by atoms with Gasteiger partial charge in [0.05, 0.1) is 15.9 Å². The largest absolute Gasteiger partial charge is 0.508 e. The Morgan fingerprint density at radius 3 is 2.29 bits per heavy atom. The lowest BCUT2D eigenvalue weighted by molar-refractivity contribution is -0.423. The van der Waals surface area contributed by atoms with Crippen LogP contribution in [0.2, 0.25) is 0 Å². The van der Waals surface area contributed by atoms with Crippen LogP contribution in [0, 0.1) is 20.2 Å². The molecule has 1 aromatic rings. The van der Waals surface area contributed by atoms with Crippen LogP contribution in [-0.4, -0.2) is 15.0 Å². The molecule has 1 aromatic carbocycles. The Labute approximate surface area is 97.0 Å². The van der Waals surface area contributed by atoms with E-state index in [1.807, 2.05) is 6.92 Å². The molecule has 0 saturated carbocycles. The summed E-state index contributed by atoms with van der Waals surface area (Å²) in [7, 11) is 0. The van der Waals surface area contributed by atoms with Gasteiger partial charge in [-0.05, 0) is 18.4 Å². The molecule has 0 aliphatic rings. The van der Waals surface area contributed by atoms with Gasteiger partial charge in [0.1, 0.15) is 5.75 Å². The summed E-state index contributed by atoms with van der Waals surface area (Å²) in [5, 5.41) is 31.0. The van der Waals surface area contributed by atoms with E-state index in [0.29, 0.717) is 6.42 Å². The molecule has 0 aliphatic heterocycles. The van der Waals surface area contributed by atoms with E-state index in [4.69, 9.17) is 0 Å². The summed E-state index contributed by atoms with van der Waals surface area (Å²) in [6.45, 7) is 3.52. The van der Waals surface area contributed by atoms with Crippen molar-refractivity contribution in [2.24, 2.45) is 0 Å². The molecular formula is C10H12N2O5. The maximum Gasteiger partial charge on any atom is 0.350 e. The lowest BCUT2D eigenvalue weighted by Crippen LogP contribution is -2.03. The monoisotopic (exact) mass is 240 g/mol. The van der Waals surface area contributed by atoms with Gasteiger partial charge >= 0.3 is 11.4 Å². The van der Waals surface area contributed by atoms with Gasteiger partial charge in [0.25, 0.3) is 0 Å². The molecule has 0 fully saturated rings. The summed E-state index contributed by atoms with van der Waals surface area (Å²) in [5.74, 6) is -0.571. The smallest absolute Gasteiger partial charge is 0.350 e. The molecule has 1 rings (SSSR count). The summed E-state index contributed by atoms with van der Waals surface area (Å²) in [4.78, 5) is 20.0. The molecule has 0 aliphatic carbocycles. The fourth-order valence-corrected chi connectivity index (χ4v) is 1.56. The minimum Gasteiger partial charge on any atom is -0.508 e. The Hall–Kier alpha value is -2.18. The topological polar surface area (TPSA) is 107 Å². The number of rotatable bonds is 4. The number of aromatic hydroxyl groups is 1. The van der Waals surface area contributed by atoms with Crippen molar-refractivity contribution in [3.05, 3.63) is 37.9 Å². The second kappa shape index (κ2) is 4.77. The van der Waals surface area contributed by atoms with Gasteiger partial charge in [-0.15, -0.1) is 0 Å². The first-order chi connectivity index (χ1) is 7.88. The van der Waals surface area contributed by atoms with E-state index in [0.717, 1.165) is 6.07 Å². The van der Waals surface area contributed by atoms with Gasteiger partial charge in [0.15, 0.2) is 0 Å². The van der Waals surface area contributed by atoms with E-state index in [2.05, 4.69) is 0 Å². The zero-order valence-electron chi connectivity index (χ0n) is 9.41. The van der Waals surface area contributed by atoms with Crippen molar-refractivity contribution in [1.82, 2.24) is 0 Å². The maximum atomic E-state index is 10.9. The van der Waals surface area contributed by atoms with Crippen LogP contribution >= 0.6 is 0 Å². The maximum absolute atomic E-state index is 10.9. The number of benzene rings is 1. The number of phenolic OH excluding ortho intramolecular Hbond substituents is 1. The molecule has 92 valence electrons. The van der Waals surface area contributed by atoms with Crippen molar-refractivity contribution >= 4 is 11.4 Å². The van der Waals surface area contributed by atoms with Crippen LogP contribution in [0.3, 0.4) is 0 Å². The zero-order valence-corrected chi connectivity index (χ0v) is 9.41. The third kappa shape index (κ3) is 2.49. The number of hydrogen-bond acceptors (Lipinski definition) is 5. The summed E-state index contributed by atoms with van der Waals surface area (Å²) in [6.07, 6.45) is 0.585. The third-order valence-electron chi connectivity index (χ3n) is 2.63. The molecule has 17 heavy (non-hydrogen) atoms. The van der Waals surface area contributed by atoms with Gasteiger partial charge < -0.3 is 5.11 Å². The summed E-state index contributed by atoms with van der Waals surface area (Å²) < 4.78 is 0. The summed E-state index contributed by atoms with van der Waals surface area (Å²) in [6, 6.07) is 2.00. The lowest BCUT2D eigenvalue weighted by Gasteiger charge is -2.09. The first kappa shape index (κ1) is 12.9. The molecule has 0 radical (unpaired) electrons. The predicted octanol–water partition coefficient (Wildman–Crippen LogP) is 2.72. The number of nitrogens with zero attached hydrogens (tertiary/aromatic N) is 2. The quantitative estimate of drug-likeness (QED) is 0.643.